The molecule has 1 aromatic heterocycles. The van der Waals surface area contributed by atoms with Gasteiger partial charge in [0.1, 0.15) is 12.3 Å². The predicted octanol–water partition coefficient (Wildman–Crippen LogP) is 2.51. The van der Waals surface area contributed by atoms with Gasteiger partial charge in [0.2, 0.25) is 0 Å². The molecule has 0 bridgehead atoms. The second-order valence-electron chi connectivity index (χ2n) is 7.31. The zero-order valence-electron chi connectivity index (χ0n) is 17.1. The van der Waals surface area contributed by atoms with Crippen LogP contribution in [-0.4, -0.2) is 61.8 Å². The number of amides is 1. The normalized spacial score (nSPS) is 20.9. The quantitative estimate of drug-likeness (QED) is 0.326. The number of hydrogen-bond donors (Lipinski definition) is 2. The van der Waals surface area contributed by atoms with Crippen molar-refractivity contribution in [2.45, 2.75) is 57.8 Å². The van der Waals surface area contributed by atoms with Crippen LogP contribution in [0.5, 0.6) is 0 Å². The molecule has 2 aliphatic rings. The van der Waals surface area contributed by atoms with Gasteiger partial charge in [-0.15, -0.1) is 24.0 Å². The molecular formula is C20H33IN4O4. The molecule has 3 heterocycles. The molecule has 0 spiro atoms. The maximum atomic E-state index is 11.1. The van der Waals surface area contributed by atoms with Gasteiger partial charge in [-0.25, -0.2) is 4.99 Å². The number of ether oxygens (including phenoxy) is 2. The Balaban J connectivity index is 0.00000300. The highest BCUT2D eigenvalue weighted by atomic mass is 127. The third-order valence-corrected chi connectivity index (χ3v) is 5.16. The van der Waals surface area contributed by atoms with Crippen LogP contribution < -0.4 is 11.1 Å². The summed E-state index contributed by atoms with van der Waals surface area (Å²) in [6.07, 6.45) is 6.03. The average molecular weight is 520 g/mol. The fourth-order valence-corrected chi connectivity index (χ4v) is 3.59. The molecule has 2 saturated heterocycles. The third kappa shape index (κ3) is 7.45. The van der Waals surface area contributed by atoms with Crippen LogP contribution in [0.2, 0.25) is 0 Å². The lowest BCUT2D eigenvalue weighted by Crippen LogP contribution is -2.47. The van der Waals surface area contributed by atoms with Crippen LogP contribution in [0.4, 0.5) is 0 Å². The van der Waals surface area contributed by atoms with E-state index in [2.05, 4.69) is 15.2 Å². The summed E-state index contributed by atoms with van der Waals surface area (Å²) in [5, 5.41) is 3.33. The molecule has 1 atom stereocenters. The molecule has 3 rings (SSSR count). The number of rotatable bonds is 7. The number of nitrogens with one attached hydrogen (secondary N) is 1. The number of piperidine rings is 1. The van der Waals surface area contributed by atoms with Gasteiger partial charge in [0.25, 0.3) is 5.91 Å². The molecule has 1 aromatic rings. The summed E-state index contributed by atoms with van der Waals surface area (Å²) in [5.74, 6) is 1.07. The van der Waals surface area contributed by atoms with E-state index in [9.17, 15) is 4.79 Å². The number of primary amides is 1. The van der Waals surface area contributed by atoms with E-state index in [0.29, 0.717) is 18.9 Å². The summed E-state index contributed by atoms with van der Waals surface area (Å²) in [7, 11) is 0. The van der Waals surface area contributed by atoms with E-state index < -0.39 is 5.91 Å². The lowest BCUT2D eigenvalue weighted by atomic mass is 10.1. The lowest BCUT2D eigenvalue weighted by molar-refractivity contribution is -0.0721. The highest BCUT2D eigenvalue weighted by molar-refractivity contribution is 14.0. The monoisotopic (exact) mass is 520 g/mol. The molecular weight excluding hydrogens is 487 g/mol. The first-order valence-corrected chi connectivity index (χ1v) is 10.3. The summed E-state index contributed by atoms with van der Waals surface area (Å²) >= 11 is 0. The SMILES string of the molecule is CCNC(=NCc1ccc(C(N)=O)o1)N1CCC(OCC2CCCCO2)CC1.I. The maximum Gasteiger partial charge on any atom is 0.284 e. The Morgan fingerprint density at radius 1 is 1.31 bits per heavy atom. The van der Waals surface area contributed by atoms with Crippen LogP contribution in [0.1, 0.15) is 55.3 Å². The zero-order valence-corrected chi connectivity index (χ0v) is 19.4. The Morgan fingerprint density at radius 3 is 2.72 bits per heavy atom. The number of nitrogens with zero attached hydrogens (tertiary/aromatic N) is 2. The van der Waals surface area contributed by atoms with Gasteiger partial charge in [-0.3, -0.25) is 4.79 Å². The van der Waals surface area contributed by atoms with E-state index in [4.69, 9.17) is 19.6 Å². The van der Waals surface area contributed by atoms with Gasteiger partial charge >= 0.3 is 0 Å². The van der Waals surface area contributed by atoms with Gasteiger partial charge in [0.05, 0.1) is 18.8 Å². The van der Waals surface area contributed by atoms with Crippen LogP contribution in [0.15, 0.2) is 21.5 Å². The summed E-state index contributed by atoms with van der Waals surface area (Å²) in [6.45, 7) is 6.57. The number of hydrogen-bond acceptors (Lipinski definition) is 5. The largest absolute Gasteiger partial charge is 0.454 e. The summed E-state index contributed by atoms with van der Waals surface area (Å²) in [6, 6.07) is 3.32. The predicted molar refractivity (Wildman–Crippen MR) is 122 cm³/mol. The van der Waals surface area contributed by atoms with E-state index >= 15 is 0 Å². The smallest absolute Gasteiger partial charge is 0.284 e. The second-order valence-corrected chi connectivity index (χ2v) is 7.31. The van der Waals surface area contributed by atoms with Gasteiger partial charge in [-0.2, -0.15) is 0 Å². The van der Waals surface area contributed by atoms with Gasteiger partial charge < -0.3 is 29.8 Å². The van der Waals surface area contributed by atoms with Crippen molar-refractivity contribution in [3.8, 4) is 0 Å². The minimum absolute atomic E-state index is 0. The standard InChI is InChI=1S/C20H32N4O4.HI/c1-2-22-20(23-13-16-6-7-18(28-16)19(21)25)24-10-8-15(9-11-24)27-14-17-5-3-4-12-26-17;/h6-7,15,17H,2-5,8-14H2,1H3,(H2,21,25)(H,22,23);1H. The van der Waals surface area contributed by atoms with Crippen LogP contribution >= 0.6 is 24.0 Å². The Morgan fingerprint density at radius 2 is 2.10 bits per heavy atom. The number of carbonyl (C=O) groups excluding carboxylic acids is 1. The number of carbonyl (C=O) groups is 1. The summed E-state index contributed by atoms with van der Waals surface area (Å²) in [4.78, 5) is 18.0. The number of nitrogens with two attached hydrogens (primary N) is 1. The van der Waals surface area contributed by atoms with E-state index in [1.54, 1.807) is 12.1 Å². The van der Waals surface area contributed by atoms with E-state index in [1.165, 1.54) is 12.8 Å². The zero-order chi connectivity index (χ0) is 19.8. The molecule has 29 heavy (non-hydrogen) atoms. The molecule has 8 nitrogen and oxygen atoms in total. The minimum Gasteiger partial charge on any atom is -0.454 e. The number of aliphatic imine (C=N–C) groups is 1. The summed E-state index contributed by atoms with van der Waals surface area (Å²) < 4.78 is 17.3. The topological polar surface area (TPSA) is 102 Å². The fourth-order valence-electron chi connectivity index (χ4n) is 3.59. The number of halogens is 1. The average Bonchev–Trinajstić information content (AvgIpc) is 3.20. The first kappa shape index (κ1) is 23.9. The van der Waals surface area contributed by atoms with E-state index in [0.717, 1.165) is 51.5 Å². The number of likely N-dealkylation sites (tertiary alicyclic amines) is 1. The molecule has 164 valence electrons. The van der Waals surface area contributed by atoms with Crippen molar-refractivity contribution in [3.05, 3.63) is 23.7 Å². The van der Waals surface area contributed by atoms with Crippen LogP contribution in [-0.2, 0) is 16.0 Å². The van der Waals surface area contributed by atoms with Crippen molar-refractivity contribution in [2.75, 3.05) is 32.8 Å². The van der Waals surface area contributed by atoms with Gasteiger partial charge in [-0.05, 0) is 51.2 Å². The van der Waals surface area contributed by atoms with E-state index in [-0.39, 0.29) is 41.9 Å². The Hall–Kier alpha value is -1.33. The highest BCUT2D eigenvalue weighted by Gasteiger charge is 2.24. The summed E-state index contributed by atoms with van der Waals surface area (Å²) in [5.41, 5.74) is 5.22. The number of guanidine groups is 1. The lowest BCUT2D eigenvalue weighted by Gasteiger charge is -2.35. The van der Waals surface area contributed by atoms with Crippen LogP contribution in [0.3, 0.4) is 0 Å². The van der Waals surface area contributed by atoms with Gasteiger partial charge in [0, 0.05) is 26.2 Å². The van der Waals surface area contributed by atoms with Crippen LogP contribution in [0, 0.1) is 0 Å². The Labute approximate surface area is 189 Å². The van der Waals surface area contributed by atoms with Crippen molar-refractivity contribution >= 4 is 35.8 Å². The molecule has 0 radical (unpaired) electrons. The minimum atomic E-state index is -0.567. The molecule has 3 N–H and O–H groups in total. The second kappa shape index (κ2) is 12.4. The Kier molecular flexibility index (Phi) is 10.2. The molecule has 2 fully saturated rings. The van der Waals surface area contributed by atoms with Gasteiger partial charge in [-0.1, -0.05) is 0 Å². The Bertz CT molecular complexity index is 653. The van der Waals surface area contributed by atoms with Gasteiger partial charge in [0.15, 0.2) is 11.7 Å². The van der Waals surface area contributed by atoms with Crippen molar-refractivity contribution in [1.82, 2.24) is 10.2 Å². The van der Waals surface area contributed by atoms with Crippen molar-refractivity contribution in [2.24, 2.45) is 10.7 Å². The van der Waals surface area contributed by atoms with E-state index in [1.807, 2.05) is 6.92 Å². The van der Waals surface area contributed by atoms with Crippen LogP contribution in [0.25, 0.3) is 0 Å². The molecule has 9 heteroatoms. The number of furan rings is 1. The fraction of sp³-hybridized carbons (Fsp3) is 0.700. The van der Waals surface area contributed by atoms with Crippen molar-refractivity contribution in [3.63, 3.8) is 0 Å². The first-order valence-electron chi connectivity index (χ1n) is 10.3. The molecule has 0 aromatic carbocycles. The van der Waals surface area contributed by atoms with Crippen molar-refractivity contribution in [1.29, 1.82) is 0 Å². The molecule has 1 amide bonds. The molecule has 2 aliphatic heterocycles. The molecule has 1 unspecified atom stereocenters. The first-order chi connectivity index (χ1) is 13.7. The molecule has 0 saturated carbocycles. The molecule has 0 aliphatic carbocycles. The maximum absolute atomic E-state index is 11.1. The highest BCUT2D eigenvalue weighted by Crippen LogP contribution is 2.18. The van der Waals surface area contributed by atoms with Crippen molar-refractivity contribution < 1.29 is 18.7 Å². The third-order valence-electron chi connectivity index (χ3n) is 5.16.